The fraction of sp³-hybridized carbons (Fsp3) is 0.348. The molecule has 2 heterocycles. The Bertz CT molecular complexity index is 989. The number of rotatable bonds is 5. The van der Waals surface area contributed by atoms with Crippen LogP contribution in [0.5, 0.6) is 0 Å². The Kier molecular flexibility index (Phi) is 5.43. The highest BCUT2D eigenvalue weighted by Crippen LogP contribution is 2.27. The summed E-state index contributed by atoms with van der Waals surface area (Å²) in [6.07, 6.45) is 1.48. The molecular weight excluding hydrogens is 369 g/mol. The lowest BCUT2D eigenvalue weighted by Gasteiger charge is -2.29. The van der Waals surface area contributed by atoms with Gasteiger partial charge in [-0.3, -0.25) is 4.79 Å². The van der Waals surface area contributed by atoms with E-state index in [1.807, 2.05) is 29.2 Å². The van der Waals surface area contributed by atoms with Gasteiger partial charge in [0.05, 0.1) is 0 Å². The van der Waals surface area contributed by atoms with E-state index in [-0.39, 0.29) is 17.5 Å². The molecule has 0 radical (unpaired) electrons. The lowest BCUT2D eigenvalue weighted by molar-refractivity contribution is 0.0899. The van der Waals surface area contributed by atoms with E-state index in [9.17, 15) is 9.18 Å². The van der Waals surface area contributed by atoms with E-state index in [0.29, 0.717) is 36.4 Å². The van der Waals surface area contributed by atoms with Gasteiger partial charge in [-0.15, -0.1) is 0 Å². The van der Waals surface area contributed by atoms with Crippen LogP contribution in [0.25, 0.3) is 11.4 Å². The SMILES string of the molecule is CC(C)c1ccc(C(=O)C2CCN(c3nc(-c4cccc(F)c4)no3)CC2)cc1. The molecule has 3 aromatic rings. The first-order valence-electron chi connectivity index (χ1n) is 10.00. The standard InChI is InChI=1S/C23H24FN3O2/c1-15(2)16-6-8-17(9-7-16)21(28)18-10-12-27(13-11-18)23-25-22(26-29-23)19-4-3-5-20(24)14-19/h3-9,14-15,18H,10-13H2,1-2H3. The third kappa shape index (κ3) is 4.21. The largest absolute Gasteiger partial charge is 0.324 e. The molecule has 0 saturated carbocycles. The number of hydrogen-bond donors (Lipinski definition) is 0. The second-order valence-corrected chi connectivity index (χ2v) is 7.81. The molecule has 1 aliphatic heterocycles. The number of anilines is 1. The second kappa shape index (κ2) is 8.15. The second-order valence-electron chi connectivity index (χ2n) is 7.81. The third-order valence-electron chi connectivity index (χ3n) is 5.50. The predicted molar refractivity (Wildman–Crippen MR) is 109 cm³/mol. The number of Topliss-reactive ketones (excluding diaryl/α,β-unsaturated/α-hetero) is 1. The first-order valence-corrected chi connectivity index (χ1v) is 10.00. The van der Waals surface area contributed by atoms with Crippen molar-refractivity contribution in [3.05, 3.63) is 65.5 Å². The van der Waals surface area contributed by atoms with Crippen LogP contribution >= 0.6 is 0 Å². The Morgan fingerprint density at radius 2 is 1.86 bits per heavy atom. The predicted octanol–water partition coefficient (Wildman–Crippen LogP) is 5.10. The molecular formula is C23H24FN3O2. The molecule has 5 nitrogen and oxygen atoms in total. The molecule has 29 heavy (non-hydrogen) atoms. The van der Waals surface area contributed by atoms with Gasteiger partial charge in [0.2, 0.25) is 5.82 Å². The lowest BCUT2D eigenvalue weighted by Crippen LogP contribution is -2.36. The Labute approximate surface area is 169 Å². The van der Waals surface area contributed by atoms with Crippen LogP contribution in [0.2, 0.25) is 0 Å². The van der Waals surface area contributed by atoms with Gasteiger partial charge < -0.3 is 9.42 Å². The van der Waals surface area contributed by atoms with Gasteiger partial charge in [-0.25, -0.2) is 4.39 Å². The minimum absolute atomic E-state index is 0.00163. The average Bonchev–Trinajstić information content (AvgIpc) is 3.24. The number of piperidine rings is 1. The van der Waals surface area contributed by atoms with Crippen LogP contribution in [-0.4, -0.2) is 29.0 Å². The Morgan fingerprint density at radius 1 is 1.14 bits per heavy atom. The fourth-order valence-corrected chi connectivity index (χ4v) is 3.69. The van der Waals surface area contributed by atoms with Crippen molar-refractivity contribution in [2.75, 3.05) is 18.0 Å². The molecule has 6 heteroatoms. The van der Waals surface area contributed by atoms with E-state index < -0.39 is 0 Å². The maximum absolute atomic E-state index is 13.4. The maximum Gasteiger partial charge on any atom is 0.324 e. The first-order chi connectivity index (χ1) is 14.0. The van der Waals surface area contributed by atoms with E-state index >= 15 is 0 Å². The average molecular weight is 393 g/mol. The molecule has 150 valence electrons. The number of benzene rings is 2. The zero-order valence-electron chi connectivity index (χ0n) is 16.6. The molecule has 0 N–H and O–H groups in total. The Balaban J connectivity index is 1.39. The highest BCUT2D eigenvalue weighted by molar-refractivity contribution is 5.98. The molecule has 0 bridgehead atoms. The number of carbonyl (C=O) groups excluding carboxylic acids is 1. The summed E-state index contributed by atoms with van der Waals surface area (Å²) in [6.45, 7) is 5.63. The van der Waals surface area contributed by atoms with E-state index in [4.69, 9.17) is 4.52 Å². The summed E-state index contributed by atoms with van der Waals surface area (Å²) >= 11 is 0. The zero-order valence-corrected chi connectivity index (χ0v) is 16.6. The van der Waals surface area contributed by atoms with Gasteiger partial charge in [-0.05, 0) is 36.5 Å². The summed E-state index contributed by atoms with van der Waals surface area (Å²) in [7, 11) is 0. The van der Waals surface area contributed by atoms with Crippen molar-refractivity contribution in [3.8, 4) is 11.4 Å². The highest BCUT2D eigenvalue weighted by atomic mass is 19.1. The monoisotopic (exact) mass is 393 g/mol. The minimum Gasteiger partial charge on any atom is -0.324 e. The van der Waals surface area contributed by atoms with Gasteiger partial charge >= 0.3 is 6.01 Å². The molecule has 0 spiro atoms. The molecule has 0 atom stereocenters. The van der Waals surface area contributed by atoms with Crippen molar-refractivity contribution >= 4 is 11.8 Å². The van der Waals surface area contributed by atoms with Crippen LogP contribution < -0.4 is 4.90 Å². The lowest BCUT2D eigenvalue weighted by atomic mass is 9.88. The van der Waals surface area contributed by atoms with Crippen LogP contribution in [0, 0.1) is 11.7 Å². The highest BCUT2D eigenvalue weighted by Gasteiger charge is 2.28. The summed E-state index contributed by atoms with van der Waals surface area (Å²) in [6, 6.07) is 14.5. The van der Waals surface area contributed by atoms with Crippen molar-refractivity contribution in [1.82, 2.24) is 10.1 Å². The maximum atomic E-state index is 13.4. The number of nitrogens with zero attached hydrogens (tertiary/aromatic N) is 3. The number of halogens is 1. The Morgan fingerprint density at radius 3 is 2.52 bits per heavy atom. The van der Waals surface area contributed by atoms with Crippen LogP contribution in [0.15, 0.2) is 53.1 Å². The number of hydrogen-bond acceptors (Lipinski definition) is 5. The zero-order chi connectivity index (χ0) is 20.4. The first kappa shape index (κ1) is 19.3. The molecule has 1 fully saturated rings. The quantitative estimate of drug-likeness (QED) is 0.565. The van der Waals surface area contributed by atoms with Crippen molar-refractivity contribution in [2.45, 2.75) is 32.6 Å². The molecule has 1 aromatic heterocycles. The van der Waals surface area contributed by atoms with Crippen molar-refractivity contribution in [3.63, 3.8) is 0 Å². The molecule has 2 aromatic carbocycles. The van der Waals surface area contributed by atoms with Crippen LogP contribution in [0.1, 0.15) is 48.5 Å². The van der Waals surface area contributed by atoms with Crippen molar-refractivity contribution in [1.29, 1.82) is 0 Å². The minimum atomic E-state index is -0.338. The topological polar surface area (TPSA) is 59.2 Å². The smallest absolute Gasteiger partial charge is 0.324 e. The van der Waals surface area contributed by atoms with Crippen molar-refractivity contribution in [2.24, 2.45) is 5.92 Å². The summed E-state index contributed by atoms with van der Waals surface area (Å²) < 4.78 is 18.8. The van der Waals surface area contributed by atoms with Gasteiger partial charge in [0.25, 0.3) is 0 Å². The molecule has 1 aliphatic rings. The van der Waals surface area contributed by atoms with E-state index in [1.54, 1.807) is 12.1 Å². The van der Waals surface area contributed by atoms with Gasteiger partial charge in [-0.2, -0.15) is 4.98 Å². The van der Waals surface area contributed by atoms with Crippen LogP contribution in [-0.2, 0) is 0 Å². The van der Waals surface area contributed by atoms with E-state index in [1.165, 1.54) is 17.7 Å². The summed E-state index contributed by atoms with van der Waals surface area (Å²) in [4.78, 5) is 19.2. The van der Waals surface area contributed by atoms with Crippen LogP contribution in [0.4, 0.5) is 10.4 Å². The summed E-state index contributed by atoms with van der Waals surface area (Å²) in [5.74, 6) is 0.680. The Hall–Kier alpha value is -3.02. The van der Waals surface area contributed by atoms with Gasteiger partial charge in [0, 0.05) is 30.1 Å². The van der Waals surface area contributed by atoms with Gasteiger partial charge in [0.1, 0.15) is 5.82 Å². The van der Waals surface area contributed by atoms with E-state index in [0.717, 1.165) is 18.4 Å². The number of ketones is 1. The molecule has 1 saturated heterocycles. The summed E-state index contributed by atoms with van der Waals surface area (Å²) in [5.41, 5.74) is 2.59. The normalized spacial score (nSPS) is 15.1. The van der Waals surface area contributed by atoms with Gasteiger partial charge in [0.15, 0.2) is 5.78 Å². The van der Waals surface area contributed by atoms with Gasteiger partial charge in [-0.1, -0.05) is 55.4 Å². The van der Waals surface area contributed by atoms with Crippen molar-refractivity contribution < 1.29 is 13.7 Å². The number of carbonyl (C=O) groups is 1. The molecule has 0 unspecified atom stereocenters. The third-order valence-corrected chi connectivity index (χ3v) is 5.50. The molecule has 4 rings (SSSR count). The fourth-order valence-electron chi connectivity index (χ4n) is 3.69. The summed E-state index contributed by atoms with van der Waals surface area (Å²) in [5, 5.41) is 3.97. The van der Waals surface area contributed by atoms with Crippen LogP contribution in [0.3, 0.4) is 0 Å². The number of aromatic nitrogens is 2. The molecule has 0 amide bonds. The van der Waals surface area contributed by atoms with E-state index in [2.05, 4.69) is 24.0 Å². The molecule has 0 aliphatic carbocycles.